The molecule has 4 aliphatic carbocycles. The molecule has 0 aromatic rings. The van der Waals surface area contributed by atoms with E-state index in [1.54, 1.807) is 0 Å². The predicted octanol–water partition coefficient (Wildman–Crippen LogP) is 5.00. The lowest BCUT2D eigenvalue weighted by Gasteiger charge is -2.60. The second-order valence-electron chi connectivity index (χ2n) is 9.39. The molecule has 4 saturated carbocycles. The molecular formula is C20H30N2O. The zero-order chi connectivity index (χ0) is 16.2. The van der Waals surface area contributed by atoms with Crippen LogP contribution < -0.4 is 0 Å². The highest BCUT2D eigenvalue weighted by molar-refractivity contribution is 5.91. The van der Waals surface area contributed by atoms with Gasteiger partial charge in [-0.25, -0.2) is 0 Å². The van der Waals surface area contributed by atoms with Crippen LogP contribution in [0.2, 0.25) is 0 Å². The first-order valence-electron chi connectivity index (χ1n) is 9.64. The molecule has 0 aliphatic heterocycles. The maximum atomic E-state index is 9.77. The molecule has 0 spiro atoms. The van der Waals surface area contributed by atoms with E-state index in [1.165, 1.54) is 51.4 Å². The van der Waals surface area contributed by atoms with E-state index in [9.17, 15) is 10.5 Å². The van der Waals surface area contributed by atoms with Crippen LogP contribution in [0.5, 0.6) is 0 Å². The Morgan fingerprint density at radius 2 is 1.96 bits per heavy atom. The number of nitriles is 1. The SMILES string of the molecule is C[C@]12CC[C@H]3[C@H](CC[C@H]4CCCC[C@@]43C)[C@@H]1[C@H](C#N)/C(=N/O)C2. The van der Waals surface area contributed by atoms with Crippen molar-refractivity contribution in [2.45, 2.75) is 71.6 Å². The van der Waals surface area contributed by atoms with Crippen molar-refractivity contribution >= 4 is 5.71 Å². The number of rotatable bonds is 0. The van der Waals surface area contributed by atoms with Crippen LogP contribution in [0.4, 0.5) is 0 Å². The molecule has 23 heavy (non-hydrogen) atoms. The molecule has 126 valence electrons. The van der Waals surface area contributed by atoms with Crippen LogP contribution in [0, 0.1) is 51.8 Å². The Bertz CT molecular complexity index is 564. The molecule has 0 aromatic heterocycles. The van der Waals surface area contributed by atoms with E-state index in [1.807, 2.05) is 0 Å². The average molecular weight is 314 g/mol. The number of fused-ring (bicyclic) bond motifs is 5. The quantitative estimate of drug-likeness (QED) is 0.505. The van der Waals surface area contributed by atoms with Gasteiger partial charge < -0.3 is 5.21 Å². The normalized spacial score (nSPS) is 54.0. The molecule has 1 N–H and O–H groups in total. The third-order valence-electron chi connectivity index (χ3n) is 8.53. The van der Waals surface area contributed by atoms with Crippen LogP contribution in [-0.4, -0.2) is 10.9 Å². The average Bonchev–Trinajstić information content (AvgIpc) is 2.86. The molecule has 4 aliphatic rings. The Kier molecular flexibility index (Phi) is 3.52. The summed E-state index contributed by atoms with van der Waals surface area (Å²) < 4.78 is 0. The lowest BCUT2D eigenvalue weighted by atomic mass is 9.45. The molecule has 0 radical (unpaired) electrons. The first-order chi connectivity index (χ1) is 11.0. The van der Waals surface area contributed by atoms with Crippen molar-refractivity contribution in [3.8, 4) is 6.07 Å². The van der Waals surface area contributed by atoms with Gasteiger partial charge in [0.15, 0.2) is 0 Å². The van der Waals surface area contributed by atoms with Crippen molar-refractivity contribution in [3.63, 3.8) is 0 Å². The van der Waals surface area contributed by atoms with Gasteiger partial charge in [-0.2, -0.15) is 5.26 Å². The lowest BCUT2D eigenvalue weighted by Crippen LogP contribution is -2.52. The van der Waals surface area contributed by atoms with Gasteiger partial charge in [-0.1, -0.05) is 31.8 Å². The molecule has 0 saturated heterocycles. The summed E-state index contributed by atoms with van der Waals surface area (Å²) in [6.07, 6.45) is 11.6. The Morgan fingerprint density at radius 1 is 1.13 bits per heavy atom. The Hall–Kier alpha value is -1.04. The maximum Gasteiger partial charge on any atom is 0.0915 e. The Morgan fingerprint density at radius 3 is 2.70 bits per heavy atom. The summed E-state index contributed by atoms with van der Waals surface area (Å²) >= 11 is 0. The van der Waals surface area contributed by atoms with E-state index in [0.29, 0.717) is 17.3 Å². The molecule has 0 bridgehead atoms. The summed E-state index contributed by atoms with van der Waals surface area (Å²) in [5, 5.41) is 22.7. The molecule has 3 nitrogen and oxygen atoms in total. The van der Waals surface area contributed by atoms with Crippen LogP contribution in [0.1, 0.15) is 71.6 Å². The van der Waals surface area contributed by atoms with Gasteiger partial charge in [-0.15, -0.1) is 0 Å². The number of hydrogen-bond donors (Lipinski definition) is 1. The summed E-state index contributed by atoms with van der Waals surface area (Å²) in [6, 6.07) is 2.52. The fraction of sp³-hybridized carbons (Fsp3) is 0.900. The Labute approximate surface area is 140 Å². The fourth-order valence-electron chi connectivity index (χ4n) is 7.46. The third-order valence-corrected chi connectivity index (χ3v) is 8.53. The minimum Gasteiger partial charge on any atom is -0.411 e. The van der Waals surface area contributed by atoms with Crippen LogP contribution in [0.3, 0.4) is 0 Å². The van der Waals surface area contributed by atoms with E-state index in [4.69, 9.17) is 0 Å². The first kappa shape index (κ1) is 15.5. The highest BCUT2D eigenvalue weighted by atomic mass is 16.4. The van der Waals surface area contributed by atoms with Crippen molar-refractivity contribution in [2.24, 2.45) is 45.6 Å². The van der Waals surface area contributed by atoms with Crippen LogP contribution in [0.25, 0.3) is 0 Å². The molecule has 0 heterocycles. The zero-order valence-corrected chi connectivity index (χ0v) is 14.6. The molecule has 3 heteroatoms. The van der Waals surface area contributed by atoms with Crippen LogP contribution in [0.15, 0.2) is 5.16 Å². The summed E-state index contributed by atoms with van der Waals surface area (Å²) in [7, 11) is 0. The Balaban J connectivity index is 1.71. The van der Waals surface area contributed by atoms with E-state index in [-0.39, 0.29) is 11.3 Å². The highest BCUT2D eigenvalue weighted by Crippen LogP contribution is 2.66. The topological polar surface area (TPSA) is 56.4 Å². The van der Waals surface area contributed by atoms with Gasteiger partial charge in [-0.3, -0.25) is 0 Å². The van der Waals surface area contributed by atoms with Crippen molar-refractivity contribution in [2.75, 3.05) is 0 Å². The van der Waals surface area contributed by atoms with Crippen molar-refractivity contribution < 1.29 is 5.21 Å². The summed E-state index contributed by atoms with van der Waals surface area (Å²) in [5.74, 6) is 2.62. The van der Waals surface area contributed by atoms with Gasteiger partial charge in [0, 0.05) is 0 Å². The van der Waals surface area contributed by atoms with Crippen molar-refractivity contribution in [3.05, 3.63) is 0 Å². The van der Waals surface area contributed by atoms with Gasteiger partial charge in [0.2, 0.25) is 0 Å². The molecule has 0 aromatic carbocycles. The summed E-state index contributed by atoms with van der Waals surface area (Å²) in [6.45, 7) is 4.92. The van der Waals surface area contributed by atoms with Crippen molar-refractivity contribution in [1.82, 2.24) is 0 Å². The van der Waals surface area contributed by atoms with Gasteiger partial charge in [0.05, 0.1) is 17.7 Å². The molecule has 0 amide bonds. The number of nitrogens with zero attached hydrogens (tertiary/aromatic N) is 2. The predicted molar refractivity (Wildman–Crippen MR) is 90.1 cm³/mol. The molecule has 0 unspecified atom stereocenters. The second-order valence-corrected chi connectivity index (χ2v) is 9.39. The fourth-order valence-corrected chi connectivity index (χ4v) is 7.46. The minimum atomic E-state index is -0.151. The summed E-state index contributed by atoms with van der Waals surface area (Å²) in [4.78, 5) is 0. The number of hydrogen-bond acceptors (Lipinski definition) is 3. The number of oxime groups is 1. The molecule has 7 atom stereocenters. The zero-order valence-electron chi connectivity index (χ0n) is 14.6. The monoisotopic (exact) mass is 314 g/mol. The van der Waals surface area contributed by atoms with Gasteiger partial charge in [-0.05, 0) is 79.4 Å². The summed E-state index contributed by atoms with van der Waals surface area (Å²) in [5.41, 5.74) is 1.44. The van der Waals surface area contributed by atoms with E-state index < -0.39 is 0 Å². The first-order valence-corrected chi connectivity index (χ1v) is 9.64. The van der Waals surface area contributed by atoms with Crippen LogP contribution >= 0.6 is 0 Å². The van der Waals surface area contributed by atoms with E-state index in [2.05, 4.69) is 25.1 Å². The smallest absolute Gasteiger partial charge is 0.0915 e. The van der Waals surface area contributed by atoms with Crippen LogP contribution in [-0.2, 0) is 0 Å². The molecule has 4 fully saturated rings. The standard InChI is InChI=1S/C20H30N2O/c1-19-10-8-16-14(18(19)15(12-21)17(11-19)22-23)7-6-13-5-3-4-9-20(13,16)2/h13-16,18,23H,3-11H2,1-2H3/b22-17+/t13-,14+,15-,16+,18-,19-,20+/m1/s1. The third kappa shape index (κ3) is 2.03. The van der Waals surface area contributed by atoms with E-state index in [0.717, 1.165) is 24.0 Å². The maximum absolute atomic E-state index is 9.77. The van der Waals surface area contributed by atoms with Gasteiger partial charge >= 0.3 is 0 Å². The highest BCUT2D eigenvalue weighted by Gasteiger charge is 2.61. The second kappa shape index (κ2) is 5.23. The van der Waals surface area contributed by atoms with Crippen molar-refractivity contribution in [1.29, 1.82) is 5.26 Å². The molecule has 4 rings (SSSR count). The van der Waals surface area contributed by atoms with E-state index >= 15 is 0 Å². The lowest BCUT2D eigenvalue weighted by molar-refractivity contribution is -0.108. The molecular weight excluding hydrogens is 284 g/mol. The minimum absolute atomic E-state index is 0.151. The van der Waals surface area contributed by atoms with Gasteiger partial charge in [0.1, 0.15) is 0 Å². The largest absolute Gasteiger partial charge is 0.411 e. The van der Waals surface area contributed by atoms with Gasteiger partial charge in [0.25, 0.3) is 0 Å².